The third kappa shape index (κ3) is 4.42. The molecule has 27 heavy (non-hydrogen) atoms. The molecular formula is C22H25N3O2. The van der Waals surface area contributed by atoms with Gasteiger partial charge in [0.2, 0.25) is 11.8 Å². The predicted octanol–water partition coefficient (Wildman–Crippen LogP) is 4.61. The molecule has 0 radical (unpaired) electrons. The second-order valence-electron chi connectivity index (χ2n) is 7.86. The Labute approximate surface area is 160 Å². The van der Waals surface area contributed by atoms with E-state index in [2.05, 4.69) is 43.1 Å². The lowest BCUT2D eigenvalue weighted by Gasteiger charge is -2.18. The van der Waals surface area contributed by atoms with Crippen molar-refractivity contribution in [2.75, 3.05) is 7.05 Å². The van der Waals surface area contributed by atoms with Crippen LogP contribution in [0.5, 0.6) is 0 Å². The summed E-state index contributed by atoms with van der Waals surface area (Å²) in [5, 5.41) is 8.20. The molecule has 0 saturated heterocycles. The maximum Gasteiger partial charge on any atom is 0.254 e. The molecule has 0 atom stereocenters. The molecule has 3 aromatic rings. The van der Waals surface area contributed by atoms with E-state index in [1.54, 1.807) is 11.9 Å². The summed E-state index contributed by atoms with van der Waals surface area (Å²) in [6, 6.07) is 15.6. The van der Waals surface area contributed by atoms with E-state index in [0.29, 0.717) is 17.3 Å². The summed E-state index contributed by atoms with van der Waals surface area (Å²) in [6.07, 6.45) is 0. The van der Waals surface area contributed by atoms with Crippen molar-refractivity contribution in [3.8, 4) is 11.5 Å². The van der Waals surface area contributed by atoms with Crippen molar-refractivity contribution in [3.05, 3.63) is 71.1 Å². The molecule has 0 N–H and O–H groups in total. The van der Waals surface area contributed by atoms with Gasteiger partial charge in [0, 0.05) is 18.2 Å². The van der Waals surface area contributed by atoms with E-state index in [9.17, 15) is 4.79 Å². The fraction of sp³-hybridized carbons (Fsp3) is 0.318. The number of aromatic nitrogens is 2. The van der Waals surface area contributed by atoms with Crippen molar-refractivity contribution in [1.29, 1.82) is 0 Å². The van der Waals surface area contributed by atoms with Crippen LogP contribution in [0.1, 0.15) is 48.1 Å². The van der Waals surface area contributed by atoms with Gasteiger partial charge in [0.05, 0.1) is 6.54 Å². The van der Waals surface area contributed by atoms with E-state index in [4.69, 9.17) is 4.42 Å². The van der Waals surface area contributed by atoms with E-state index < -0.39 is 0 Å². The first-order valence-electron chi connectivity index (χ1n) is 8.99. The number of nitrogens with zero attached hydrogens (tertiary/aromatic N) is 3. The van der Waals surface area contributed by atoms with Crippen molar-refractivity contribution in [2.45, 2.75) is 39.7 Å². The molecule has 0 saturated carbocycles. The van der Waals surface area contributed by atoms with Crippen LogP contribution in [-0.2, 0) is 12.0 Å². The molecule has 1 aromatic heterocycles. The van der Waals surface area contributed by atoms with Crippen LogP contribution in [0.3, 0.4) is 0 Å². The second kappa shape index (κ2) is 7.35. The first-order valence-corrected chi connectivity index (χ1v) is 8.99. The Morgan fingerprint density at radius 2 is 1.63 bits per heavy atom. The van der Waals surface area contributed by atoms with Crippen molar-refractivity contribution in [3.63, 3.8) is 0 Å². The summed E-state index contributed by atoms with van der Waals surface area (Å²) in [6.45, 7) is 8.78. The van der Waals surface area contributed by atoms with E-state index in [1.807, 2.05) is 43.3 Å². The van der Waals surface area contributed by atoms with E-state index in [-0.39, 0.29) is 17.9 Å². The molecule has 0 bridgehead atoms. The largest absolute Gasteiger partial charge is 0.419 e. The van der Waals surface area contributed by atoms with Crippen LogP contribution in [0.15, 0.2) is 52.9 Å². The summed E-state index contributed by atoms with van der Waals surface area (Å²) < 4.78 is 5.75. The minimum Gasteiger partial charge on any atom is -0.419 e. The topological polar surface area (TPSA) is 59.2 Å². The third-order valence-corrected chi connectivity index (χ3v) is 4.48. The zero-order valence-electron chi connectivity index (χ0n) is 16.5. The number of rotatable bonds is 4. The van der Waals surface area contributed by atoms with Crippen LogP contribution in [0.25, 0.3) is 11.5 Å². The Kier molecular flexibility index (Phi) is 5.13. The summed E-state index contributed by atoms with van der Waals surface area (Å²) in [7, 11) is 1.73. The number of carbonyl (C=O) groups excluding carboxylic acids is 1. The standard InChI is InChI=1S/C22H25N3O2/c1-15-6-8-17(9-7-15)21(26)25(5)14-19-23-24-20(27-19)16-10-12-18(13-11-16)22(2,3)4/h6-13H,14H2,1-5H3. The zero-order chi connectivity index (χ0) is 19.6. The maximum absolute atomic E-state index is 12.5. The van der Waals surface area contributed by atoms with Gasteiger partial charge in [-0.2, -0.15) is 0 Å². The van der Waals surface area contributed by atoms with Gasteiger partial charge in [0.25, 0.3) is 5.91 Å². The molecule has 0 spiro atoms. The number of amides is 1. The highest BCUT2D eigenvalue weighted by molar-refractivity contribution is 5.94. The lowest BCUT2D eigenvalue weighted by Crippen LogP contribution is -2.26. The Morgan fingerprint density at radius 3 is 2.22 bits per heavy atom. The first kappa shape index (κ1) is 18.8. The molecule has 5 nitrogen and oxygen atoms in total. The van der Waals surface area contributed by atoms with Gasteiger partial charge in [-0.3, -0.25) is 4.79 Å². The molecule has 0 fully saturated rings. The zero-order valence-corrected chi connectivity index (χ0v) is 16.5. The SMILES string of the molecule is Cc1ccc(C(=O)N(C)Cc2nnc(-c3ccc(C(C)(C)C)cc3)o2)cc1. The molecule has 0 aliphatic heterocycles. The average Bonchev–Trinajstić information content (AvgIpc) is 3.09. The summed E-state index contributed by atoms with van der Waals surface area (Å²) >= 11 is 0. The number of benzene rings is 2. The summed E-state index contributed by atoms with van der Waals surface area (Å²) in [5.74, 6) is 0.791. The van der Waals surface area contributed by atoms with Gasteiger partial charge in [0.1, 0.15) is 0 Å². The van der Waals surface area contributed by atoms with Gasteiger partial charge >= 0.3 is 0 Å². The van der Waals surface area contributed by atoms with Crippen molar-refractivity contribution >= 4 is 5.91 Å². The van der Waals surface area contributed by atoms with E-state index in [0.717, 1.165) is 11.1 Å². The smallest absolute Gasteiger partial charge is 0.254 e. The Hall–Kier alpha value is -2.95. The Morgan fingerprint density at radius 1 is 1.00 bits per heavy atom. The van der Waals surface area contributed by atoms with Gasteiger partial charge in [-0.15, -0.1) is 10.2 Å². The van der Waals surface area contributed by atoms with E-state index >= 15 is 0 Å². The monoisotopic (exact) mass is 363 g/mol. The third-order valence-electron chi connectivity index (χ3n) is 4.48. The number of hydrogen-bond donors (Lipinski definition) is 0. The van der Waals surface area contributed by atoms with Crippen LogP contribution in [0.2, 0.25) is 0 Å². The quantitative estimate of drug-likeness (QED) is 0.679. The normalized spacial score (nSPS) is 11.4. The fourth-order valence-electron chi connectivity index (χ4n) is 2.74. The van der Waals surface area contributed by atoms with Gasteiger partial charge in [-0.05, 0) is 42.2 Å². The maximum atomic E-state index is 12.5. The van der Waals surface area contributed by atoms with Crippen LogP contribution < -0.4 is 0 Å². The number of aryl methyl sites for hydroxylation is 1. The Bertz CT molecular complexity index is 919. The van der Waals surface area contributed by atoms with Crippen LogP contribution in [0.4, 0.5) is 0 Å². The predicted molar refractivity (Wildman–Crippen MR) is 105 cm³/mol. The number of hydrogen-bond acceptors (Lipinski definition) is 4. The molecule has 2 aromatic carbocycles. The highest BCUT2D eigenvalue weighted by atomic mass is 16.4. The lowest BCUT2D eigenvalue weighted by molar-refractivity contribution is 0.0773. The molecule has 140 valence electrons. The highest BCUT2D eigenvalue weighted by Gasteiger charge is 2.17. The average molecular weight is 363 g/mol. The van der Waals surface area contributed by atoms with Crippen molar-refractivity contribution in [2.24, 2.45) is 0 Å². The molecule has 1 amide bonds. The molecular weight excluding hydrogens is 338 g/mol. The Balaban J connectivity index is 1.70. The molecule has 1 heterocycles. The van der Waals surface area contributed by atoms with Crippen LogP contribution >= 0.6 is 0 Å². The second-order valence-corrected chi connectivity index (χ2v) is 7.86. The van der Waals surface area contributed by atoms with Gasteiger partial charge in [-0.25, -0.2) is 0 Å². The minimum atomic E-state index is -0.0794. The van der Waals surface area contributed by atoms with Crippen molar-refractivity contribution < 1.29 is 9.21 Å². The summed E-state index contributed by atoms with van der Waals surface area (Å²) in [4.78, 5) is 14.1. The first-order chi connectivity index (χ1) is 12.7. The lowest BCUT2D eigenvalue weighted by atomic mass is 9.87. The van der Waals surface area contributed by atoms with Crippen LogP contribution in [-0.4, -0.2) is 28.1 Å². The van der Waals surface area contributed by atoms with Gasteiger partial charge < -0.3 is 9.32 Å². The molecule has 0 unspecified atom stereocenters. The fourth-order valence-corrected chi connectivity index (χ4v) is 2.74. The van der Waals surface area contributed by atoms with Crippen LogP contribution in [0, 0.1) is 6.92 Å². The van der Waals surface area contributed by atoms with Crippen molar-refractivity contribution in [1.82, 2.24) is 15.1 Å². The minimum absolute atomic E-state index is 0.0794. The number of carbonyl (C=O) groups is 1. The highest BCUT2D eigenvalue weighted by Crippen LogP contribution is 2.25. The molecule has 0 aliphatic carbocycles. The van der Waals surface area contributed by atoms with Gasteiger partial charge in [0.15, 0.2) is 0 Å². The molecule has 0 aliphatic rings. The molecule has 5 heteroatoms. The van der Waals surface area contributed by atoms with Gasteiger partial charge in [-0.1, -0.05) is 50.6 Å². The molecule has 3 rings (SSSR count). The summed E-state index contributed by atoms with van der Waals surface area (Å²) in [5.41, 5.74) is 3.97. The van der Waals surface area contributed by atoms with E-state index in [1.165, 1.54) is 5.56 Å².